The van der Waals surface area contributed by atoms with Gasteiger partial charge < -0.3 is 4.42 Å². The molecule has 2 aromatic carbocycles. The van der Waals surface area contributed by atoms with Gasteiger partial charge in [0, 0.05) is 34.8 Å². The van der Waals surface area contributed by atoms with E-state index in [0.29, 0.717) is 22.0 Å². The summed E-state index contributed by atoms with van der Waals surface area (Å²) < 4.78 is 19.7. The third-order valence-corrected chi connectivity index (χ3v) is 4.61. The molecule has 0 radical (unpaired) electrons. The summed E-state index contributed by atoms with van der Waals surface area (Å²) in [5, 5.41) is 19.1. The molecule has 0 aliphatic rings. The van der Waals surface area contributed by atoms with Gasteiger partial charge in [-0.1, -0.05) is 17.7 Å². The smallest absolute Gasteiger partial charge is 0.269 e. The van der Waals surface area contributed by atoms with E-state index in [1.54, 1.807) is 31.3 Å². The van der Waals surface area contributed by atoms with E-state index >= 15 is 0 Å². The topological polar surface area (TPSA) is 85.3 Å². The minimum Gasteiger partial charge on any atom is -0.419 e. The van der Waals surface area contributed by atoms with Crippen LogP contribution >= 0.6 is 11.6 Å². The molecule has 27 heavy (non-hydrogen) atoms. The molecule has 0 aliphatic carbocycles. The summed E-state index contributed by atoms with van der Waals surface area (Å²) in [6.45, 7) is 2.11. The first kappa shape index (κ1) is 18.9. The van der Waals surface area contributed by atoms with Crippen LogP contribution in [0.25, 0.3) is 11.5 Å². The van der Waals surface area contributed by atoms with Crippen molar-refractivity contribution in [2.24, 2.45) is 0 Å². The first-order valence-corrected chi connectivity index (χ1v) is 8.46. The molecule has 1 atom stereocenters. The summed E-state index contributed by atoms with van der Waals surface area (Å²) in [7, 11) is 1.79. The van der Waals surface area contributed by atoms with Gasteiger partial charge in [-0.25, -0.2) is 4.39 Å². The standard InChI is InChI=1S/C18H16ClFN4O3/c1-11(23(2)10-14-15(19)4-3-5-16(14)20)17-21-22-18(27-17)12-6-8-13(9-7-12)24(25)26/h3-9,11H,10H2,1-2H3. The van der Waals surface area contributed by atoms with Crippen LogP contribution in [0.4, 0.5) is 10.1 Å². The quantitative estimate of drug-likeness (QED) is 0.450. The van der Waals surface area contributed by atoms with Gasteiger partial charge in [0.15, 0.2) is 0 Å². The van der Waals surface area contributed by atoms with E-state index in [-0.39, 0.29) is 30.0 Å². The molecule has 0 saturated heterocycles. The fourth-order valence-corrected chi connectivity index (χ4v) is 2.73. The highest BCUT2D eigenvalue weighted by Gasteiger charge is 2.21. The first-order valence-electron chi connectivity index (χ1n) is 8.08. The minimum atomic E-state index is -0.478. The number of hydrogen-bond acceptors (Lipinski definition) is 6. The van der Waals surface area contributed by atoms with Crippen LogP contribution in [0.3, 0.4) is 0 Å². The number of nitrogens with zero attached hydrogens (tertiary/aromatic N) is 4. The van der Waals surface area contributed by atoms with Crippen molar-refractivity contribution in [3.8, 4) is 11.5 Å². The van der Waals surface area contributed by atoms with Crippen molar-refractivity contribution in [3.05, 3.63) is 74.9 Å². The van der Waals surface area contributed by atoms with Crippen molar-refractivity contribution in [1.29, 1.82) is 0 Å². The fourth-order valence-electron chi connectivity index (χ4n) is 2.50. The monoisotopic (exact) mass is 390 g/mol. The van der Waals surface area contributed by atoms with Gasteiger partial charge >= 0.3 is 0 Å². The molecule has 0 amide bonds. The van der Waals surface area contributed by atoms with E-state index in [4.69, 9.17) is 16.0 Å². The predicted molar refractivity (Wildman–Crippen MR) is 97.7 cm³/mol. The number of non-ortho nitro benzene ring substituents is 1. The Labute approximate surface area is 159 Å². The lowest BCUT2D eigenvalue weighted by Crippen LogP contribution is -2.23. The van der Waals surface area contributed by atoms with E-state index in [9.17, 15) is 14.5 Å². The van der Waals surface area contributed by atoms with Crippen molar-refractivity contribution in [3.63, 3.8) is 0 Å². The third-order valence-electron chi connectivity index (χ3n) is 4.25. The van der Waals surface area contributed by atoms with Crippen molar-refractivity contribution in [1.82, 2.24) is 15.1 Å². The summed E-state index contributed by atoms with van der Waals surface area (Å²) in [4.78, 5) is 12.1. The number of nitro groups is 1. The molecular formula is C18H16ClFN4O3. The molecule has 1 aromatic heterocycles. The van der Waals surface area contributed by atoms with Crippen LogP contribution in [0.15, 0.2) is 46.9 Å². The van der Waals surface area contributed by atoms with Crippen LogP contribution in [0.2, 0.25) is 5.02 Å². The Morgan fingerprint density at radius 3 is 2.59 bits per heavy atom. The molecule has 0 saturated carbocycles. The molecular weight excluding hydrogens is 375 g/mol. The van der Waals surface area contributed by atoms with Crippen LogP contribution in [0, 0.1) is 15.9 Å². The number of benzene rings is 2. The van der Waals surface area contributed by atoms with Crippen molar-refractivity contribution >= 4 is 17.3 Å². The molecule has 3 rings (SSSR count). The highest BCUT2D eigenvalue weighted by atomic mass is 35.5. The number of nitro benzene ring substituents is 1. The van der Waals surface area contributed by atoms with Gasteiger partial charge in [-0.3, -0.25) is 15.0 Å². The second-order valence-corrected chi connectivity index (χ2v) is 6.45. The Morgan fingerprint density at radius 2 is 1.96 bits per heavy atom. The predicted octanol–water partition coefficient (Wildman–Crippen LogP) is 4.63. The zero-order valence-electron chi connectivity index (χ0n) is 14.6. The average Bonchev–Trinajstić information content (AvgIpc) is 3.14. The molecule has 0 N–H and O–H groups in total. The molecule has 0 bridgehead atoms. The van der Waals surface area contributed by atoms with Crippen LogP contribution in [0.1, 0.15) is 24.4 Å². The molecule has 1 heterocycles. The molecule has 1 unspecified atom stereocenters. The lowest BCUT2D eigenvalue weighted by molar-refractivity contribution is -0.384. The number of halogens is 2. The molecule has 0 fully saturated rings. The van der Waals surface area contributed by atoms with Crippen LogP contribution < -0.4 is 0 Å². The molecule has 140 valence electrons. The normalized spacial score (nSPS) is 12.3. The molecule has 0 spiro atoms. The van der Waals surface area contributed by atoms with Gasteiger partial charge in [-0.15, -0.1) is 10.2 Å². The third kappa shape index (κ3) is 4.12. The van der Waals surface area contributed by atoms with Crippen molar-refractivity contribution in [2.75, 3.05) is 7.05 Å². The fraction of sp³-hybridized carbons (Fsp3) is 0.222. The summed E-state index contributed by atoms with van der Waals surface area (Å²) in [5.41, 5.74) is 0.948. The van der Waals surface area contributed by atoms with E-state index in [0.717, 1.165) is 0 Å². The van der Waals surface area contributed by atoms with Gasteiger partial charge in [0.05, 0.1) is 11.0 Å². The Kier molecular flexibility index (Phi) is 5.48. The molecule has 7 nitrogen and oxygen atoms in total. The Morgan fingerprint density at radius 1 is 1.26 bits per heavy atom. The lowest BCUT2D eigenvalue weighted by atomic mass is 10.1. The maximum atomic E-state index is 14.0. The van der Waals surface area contributed by atoms with Crippen molar-refractivity contribution < 1.29 is 13.7 Å². The molecule has 9 heteroatoms. The van der Waals surface area contributed by atoms with E-state index < -0.39 is 4.92 Å². The molecule has 0 aliphatic heterocycles. The number of rotatable bonds is 6. The largest absolute Gasteiger partial charge is 0.419 e. The highest BCUT2D eigenvalue weighted by molar-refractivity contribution is 6.31. The maximum absolute atomic E-state index is 14.0. The molecule has 3 aromatic rings. The second-order valence-electron chi connectivity index (χ2n) is 6.04. The summed E-state index contributed by atoms with van der Waals surface area (Å²) >= 11 is 6.08. The van der Waals surface area contributed by atoms with E-state index in [1.807, 2.05) is 11.8 Å². The number of aromatic nitrogens is 2. The summed E-state index contributed by atoms with van der Waals surface area (Å²) in [6, 6.07) is 10.1. The maximum Gasteiger partial charge on any atom is 0.269 e. The van der Waals surface area contributed by atoms with E-state index in [1.165, 1.54) is 18.2 Å². The minimum absolute atomic E-state index is 0.0200. The van der Waals surface area contributed by atoms with Crippen LogP contribution in [0.5, 0.6) is 0 Å². The van der Waals surface area contributed by atoms with Crippen LogP contribution in [-0.4, -0.2) is 27.1 Å². The summed E-state index contributed by atoms with van der Waals surface area (Å²) in [5.74, 6) is 0.223. The van der Waals surface area contributed by atoms with Gasteiger partial charge in [0.2, 0.25) is 11.8 Å². The zero-order valence-corrected chi connectivity index (χ0v) is 15.4. The van der Waals surface area contributed by atoms with Crippen molar-refractivity contribution in [2.45, 2.75) is 19.5 Å². The number of hydrogen-bond donors (Lipinski definition) is 0. The van der Waals surface area contributed by atoms with Gasteiger partial charge in [-0.2, -0.15) is 0 Å². The average molecular weight is 391 g/mol. The highest BCUT2D eigenvalue weighted by Crippen LogP contribution is 2.27. The van der Waals surface area contributed by atoms with Gasteiger partial charge in [-0.05, 0) is 38.2 Å². The SMILES string of the molecule is CC(c1nnc(-c2ccc([N+](=O)[O-])cc2)o1)N(C)Cc1c(F)cccc1Cl. The van der Waals surface area contributed by atoms with Gasteiger partial charge in [0.25, 0.3) is 5.69 Å². The van der Waals surface area contributed by atoms with Gasteiger partial charge in [0.1, 0.15) is 5.82 Å². The second kappa shape index (κ2) is 7.81. The first-order chi connectivity index (χ1) is 12.9. The Bertz CT molecular complexity index is 941. The lowest BCUT2D eigenvalue weighted by Gasteiger charge is -2.22. The zero-order chi connectivity index (χ0) is 19.6. The Balaban J connectivity index is 1.76. The Hall–Kier alpha value is -2.84. The van der Waals surface area contributed by atoms with E-state index in [2.05, 4.69) is 10.2 Å². The van der Waals surface area contributed by atoms with Crippen LogP contribution in [-0.2, 0) is 6.54 Å². The summed E-state index contributed by atoms with van der Waals surface area (Å²) in [6.07, 6.45) is 0.